The Labute approximate surface area is 87.9 Å². The summed E-state index contributed by atoms with van der Waals surface area (Å²) in [6.07, 6.45) is 13.6. The molecule has 1 N–H and O–H groups in total. The maximum Gasteiger partial charge on any atom is 0.0370 e. The molecule has 0 radical (unpaired) electrons. The molecule has 0 aliphatic carbocycles. The summed E-state index contributed by atoms with van der Waals surface area (Å²) in [6, 6.07) is 0. The van der Waals surface area contributed by atoms with E-state index >= 15 is 0 Å². The van der Waals surface area contributed by atoms with E-state index in [-0.39, 0.29) is 0 Å². The molecule has 0 bridgehead atoms. The predicted octanol–water partition coefficient (Wildman–Crippen LogP) is 3.58. The average molecular weight is 191 g/mol. The van der Waals surface area contributed by atoms with Crippen molar-refractivity contribution in [1.82, 2.24) is 5.32 Å². The highest BCUT2D eigenvalue weighted by atomic mass is 14.8. The molecule has 0 unspecified atom stereocenters. The highest BCUT2D eigenvalue weighted by molar-refractivity contribution is 5.40. The minimum absolute atomic E-state index is 1.04. The molecule has 0 aliphatic heterocycles. The maximum atomic E-state index is 3.20. The summed E-state index contributed by atoms with van der Waals surface area (Å²) in [5.41, 5.74) is 2.40. The molecule has 14 heavy (non-hydrogen) atoms. The van der Waals surface area contributed by atoms with Crippen molar-refractivity contribution in [2.75, 3.05) is 7.05 Å². The third-order valence-corrected chi connectivity index (χ3v) is 1.80. The summed E-state index contributed by atoms with van der Waals surface area (Å²) in [5, 5.41) is 3.20. The highest BCUT2D eigenvalue weighted by Crippen LogP contribution is 2.09. The van der Waals surface area contributed by atoms with Crippen LogP contribution in [0.2, 0.25) is 0 Å². The van der Waals surface area contributed by atoms with Crippen molar-refractivity contribution in [1.29, 1.82) is 0 Å². The Kier molecular flexibility index (Phi) is 7.62. The van der Waals surface area contributed by atoms with Crippen molar-refractivity contribution >= 4 is 0 Å². The minimum atomic E-state index is 1.04. The van der Waals surface area contributed by atoms with E-state index < -0.39 is 0 Å². The van der Waals surface area contributed by atoms with Crippen LogP contribution in [0.1, 0.15) is 27.2 Å². The first-order valence-electron chi connectivity index (χ1n) is 5.14. The van der Waals surface area contributed by atoms with Crippen LogP contribution in [0.3, 0.4) is 0 Å². The smallest absolute Gasteiger partial charge is 0.0370 e. The van der Waals surface area contributed by atoms with Gasteiger partial charge >= 0.3 is 0 Å². The van der Waals surface area contributed by atoms with Gasteiger partial charge in [-0.2, -0.15) is 0 Å². The van der Waals surface area contributed by atoms with Gasteiger partial charge in [-0.05, 0) is 25.8 Å². The van der Waals surface area contributed by atoms with Gasteiger partial charge in [0, 0.05) is 12.7 Å². The van der Waals surface area contributed by atoms with E-state index in [0.29, 0.717) is 0 Å². The molecule has 78 valence electrons. The van der Waals surface area contributed by atoms with Gasteiger partial charge in [0.15, 0.2) is 0 Å². The zero-order valence-corrected chi connectivity index (χ0v) is 9.67. The van der Waals surface area contributed by atoms with Crippen molar-refractivity contribution in [2.24, 2.45) is 0 Å². The van der Waals surface area contributed by atoms with Crippen molar-refractivity contribution in [2.45, 2.75) is 27.2 Å². The Bertz CT molecular complexity index is 254. The summed E-state index contributed by atoms with van der Waals surface area (Å²) in [4.78, 5) is 0. The van der Waals surface area contributed by atoms with Gasteiger partial charge in [-0.1, -0.05) is 43.4 Å². The molecule has 0 aromatic heterocycles. The van der Waals surface area contributed by atoms with Gasteiger partial charge in [-0.3, -0.25) is 0 Å². The number of rotatable bonds is 5. The van der Waals surface area contributed by atoms with Crippen LogP contribution in [0.25, 0.3) is 0 Å². The molecular weight excluding hydrogens is 170 g/mol. The number of likely N-dealkylation sites (N-methyl/N-ethyl adjacent to an activating group) is 1. The van der Waals surface area contributed by atoms with Crippen LogP contribution in [0.15, 0.2) is 47.7 Å². The van der Waals surface area contributed by atoms with Crippen LogP contribution in [0.5, 0.6) is 0 Å². The highest BCUT2D eigenvalue weighted by Gasteiger charge is 1.96. The molecule has 0 atom stereocenters. The number of nitrogens with one attached hydrogen (secondary N) is 1. The Morgan fingerprint density at radius 2 is 1.93 bits per heavy atom. The van der Waals surface area contributed by atoms with Gasteiger partial charge in [0.25, 0.3) is 0 Å². The topological polar surface area (TPSA) is 12.0 Å². The fourth-order valence-electron chi connectivity index (χ4n) is 1.18. The lowest BCUT2D eigenvalue weighted by Crippen LogP contribution is -2.07. The van der Waals surface area contributed by atoms with Crippen molar-refractivity contribution in [3.05, 3.63) is 47.7 Å². The van der Waals surface area contributed by atoms with Crippen molar-refractivity contribution < 1.29 is 0 Å². The Balaban J connectivity index is 4.87. The van der Waals surface area contributed by atoms with Crippen LogP contribution in [-0.4, -0.2) is 7.05 Å². The molecule has 0 aromatic rings. The second kappa shape index (κ2) is 8.36. The summed E-state index contributed by atoms with van der Waals surface area (Å²) in [6.45, 7) is 6.19. The summed E-state index contributed by atoms with van der Waals surface area (Å²) >= 11 is 0. The first-order valence-corrected chi connectivity index (χ1v) is 5.14. The monoisotopic (exact) mass is 191 g/mol. The van der Waals surface area contributed by atoms with Gasteiger partial charge in [0.05, 0.1) is 0 Å². The summed E-state index contributed by atoms with van der Waals surface area (Å²) < 4.78 is 0. The third-order valence-electron chi connectivity index (χ3n) is 1.80. The lowest BCUT2D eigenvalue weighted by molar-refractivity contribution is 0.988. The van der Waals surface area contributed by atoms with Crippen LogP contribution in [0, 0.1) is 0 Å². The lowest BCUT2D eigenvalue weighted by atomic mass is 10.1. The zero-order chi connectivity index (χ0) is 10.8. The first-order chi connectivity index (χ1) is 6.79. The fourth-order valence-corrected chi connectivity index (χ4v) is 1.18. The van der Waals surface area contributed by atoms with Gasteiger partial charge in [0.2, 0.25) is 0 Å². The quantitative estimate of drug-likeness (QED) is 0.655. The molecule has 0 fully saturated rings. The Hall–Kier alpha value is -1.24. The molecule has 0 saturated carbocycles. The average Bonchev–Trinajstić information content (AvgIpc) is 2.21. The first kappa shape index (κ1) is 12.8. The molecule has 0 aliphatic rings. The van der Waals surface area contributed by atoms with Crippen molar-refractivity contribution in [3.63, 3.8) is 0 Å². The largest absolute Gasteiger partial charge is 0.388 e. The van der Waals surface area contributed by atoms with Crippen LogP contribution >= 0.6 is 0 Å². The van der Waals surface area contributed by atoms with E-state index in [9.17, 15) is 0 Å². The normalized spacial score (nSPS) is 14.3. The van der Waals surface area contributed by atoms with Gasteiger partial charge in [-0.25, -0.2) is 0 Å². The van der Waals surface area contributed by atoms with E-state index in [2.05, 4.69) is 42.6 Å². The predicted molar refractivity (Wildman–Crippen MR) is 65.1 cm³/mol. The molecule has 0 aromatic carbocycles. The number of hydrogen-bond donors (Lipinski definition) is 1. The molecule has 1 nitrogen and oxygen atoms in total. The molecule has 0 amide bonds. The summed E-state index contributed by atoms with van der Waals surface area (Å²) in [5.74, 6) is 0. The standard InChI is InChI=1S/C13H21N/c1-5-8-11-12(9-6-2)13(14-4)10-7-3/h5-6,8-11,14H,7H2,1-4H3/b8-5+,9-6-,12-11-,13-10+. The molecule has 0 rings (SSSR count). The second-order valence-corrected chi connectivity index (χ2v) is 2.92. The lowest BCUT2D eigenvalue weighted by Gasteiger charge is -2.07. The fraction of sp³-hybridized carbons (Fsp3) is 0.385. The van der Waals surface area contributed by atoms with Crippen LogP contribution < -0.4 is 5.32 Å². The van der Waals surface area contributed by atoms with Crippen LogP contribution in [0.4, 0.5) is 0 Å². The number of allylic oxidation sites excluding steroid dienone is 6. The summed E-state index contributed by atoms with van der Waals surface area (Å²) in [7, 11) is 1.95. The molecule has 0 saturated heterocycles. The minimum Gasteiger partial charge on any atom is -0.388 e. The van der Waals surface area contributed by atoms with E-state index in [1.165, 1.54) is 11.3 Å². The third kappa shape index (κ3) is 4.70. The SMILES string of the molecule is C\C=C/C(=C/C=C/C)C(=C\CC)/NC. The molecule has 0 heterocycles. The van der Waals surface area contributed by atoms with E-state index in [1.54, 1.807) is 0 Å². The van der Waals surface area contributed by atoms with E-state index in [1.807, 2.05) is 27.0 Å². The van der Waals surface area contributed by atoms with Gasteiger partial charge in [-0.15, -0.1) is 0 Å². The second-order valence-electron chi connectivity index (χ2n) is 2.92. The molecular formula is C13H21N. The van der Waals surface area contributed by atoms with E-state index in [4.69, 9.17) is 0 Å². The Morgan fingerprint density at radius 3 is 2.36 bits per heavy atom. The molecule has 0 spiro atoms. The van der Waals surface area contributed by atoms with Crippen LogP contribution in [-0.2, 0) is 0 Å². The maximum absolute atomic E-state index is 3.20. The van der Waals surface area contributed by atoms with Gasteiger partial charge < -0.3 is 5.32 Å². The molecule has 1 heteroatoms. The van der Waals surface area contributed by atoms with Gasteiger partial charge in [0.1, 0.15) is 0 Å². The Morgan fingerprint density at radius 1 is 1.21 bits per heavy atom. The number of hydrogen-bond acceptors (Lipinski definition) is 1. The zero-order valence-electron chi connectivity index (χ0n) is 9.67. The van der Waals surface area contributed by atoms with E-state index in [0.717, 1.165) is 6.42 Å². The van der Waals surface area contributed by atoms with Crippen molar-refractivity contribution in [3.8, 4) is 0 Å².